The topological polar surface area (TPSA) is 303 Å². The van der Waals surface area contributed by atoms with Gasteiger partial charge in [0, 0.05) is 19.6 Å². The first-order chi connectivity index (χ1) is 26.8. The number of carbonyl (C=O) groups excluding carboxylic acids is 1. The fourth-order valence-corrected chi connectivity index (χ4v) is 6.15. The van der Waals surface area contributed by atoms with E-state index in [9.17, 15) is 50.8 Å². The lowest BCUT2D eigenvalue weighted by atomic mass is 9.90. The lowest BCUT2D eigenvalue weighted by Crippen LogP contribution is -2.63. The number of aliphatic hydroxyl groups excluding tert-OH is 9. The minimum absolute atomic E-state index is 0.0139. The predicted molar refractivity (Wildman–Crippen MR) is 194 cm³/mol. The summed E-state index contributed by atoms with van der Waals surface area (Å²) in [5.74, 6) is -1.13. The van der Waals surface area contributed by atoms with E-state index in [2.05, 4.69) is 11.9 Å². The summed E-state index contributed by atoms with van der Waals surface area (Å²) in [6.07, 6.45) is -23.4. The van der Waals surface area contributed by atoms with E-state index in [1.165, 1.54) is 14.0 Å². The van der Waals surface area contributed by atoms with Crippen LogP contribution in [0.3, 0.4) is 0 Å². The summed E-state index contributed by atoms with van der Waals surface area (Å²) in [5.41, 5.74) is 0. The zero-order chi connectivity index (χ0) is 42.6. The Morgan fingerprint density at radius 1 is 0.772 bits per heavy atom. The molecule has 1 amide bonds. The number of hydrogen-bond donors (Lipinski definition) is 10. The Balaban J connectivity index is 1.65. The van der Waals surface area contributed by atoms with Crippen LogP contribution in [0.25, 0.3) is 0 Å². The molecule has 10 N–H and O–H groups in total. The summed E-state index contributed by atoms with van der Waals surface area (Å²) in [6.45, 7) is 4.04. The van der Waals surface area contributed by atoms with Crippen LogP contribution in [0, 0.1) is 5.92 Å². The van der Waals surface area contributed by atoms with Crippen LogP contribution in [0.5, 0.6) is 0 Å². The third-order valence-electron chi connectivity index (χ3n) is 9.42. The van der Waals surface area contributed by atoms with E-state index < -0.39 is 140 Å². The number of ether oxygens (including phenoxy) is 10. The summed E-state index contributed by atoms with van der Waals surface area (Å²) in [6, 6.07) is 0. The molecular weight excluding hydrogens is 837 g/mol. The van der Waals surface area contributed by atoms with Crippen LogP contribution in [0.4, 0.5) is 0 Å². The van der Waals surface area contributed by atoms with Gasteiger partial charge in [-0.1, -0.05) is 48.3 Å². The minimum atomic E-state index is -1.80. The van der Waals surface area contributed by atoms with Crippen molar-refractivity contribution in [1.82, 2.24) is 5.32 Å². The first-order valence-corrected chi connectivity index (χ1v) is 19.2. The van der Waals surface area contributed by atoms with Gasteiger partial charge in [0.15, 0.2) is 18.9 Å². The Morgan fingerprint density at radius 3 is 1.98 bits per heavy atom. The van der Waals surface area contributed by atoms with Crippen molar-refractivity contribution in [3.05, 3.63) is 12.3 Å². The van der Waals surface area contributed by atoms with Crippen LogP contribution < -0.4 is 5.32 Å². The zero-order valence-electron chi connectivity index (χ0n) is 31.5. The zero-order valence-corrected chi connectivity index (χ0v) is 33.8. The molecule has 0 aliphatic carbocycles. The number of rotatable bonds is 22. The molecule has 0 bridgehead atoms. The van der Waals surface area contributed by atoms with E-state index in [4.69, 9.17) is 82.2 Å². The maximum atomic E-state index is 12.7. The van der Waals surface area contributed by atoms with Crippen LogP contribution >= 0.6 is 34.8 Å². The summed E-state index contributed by atoms with van der Waals surface area (Å²) in [7, 11) is 1.28. The molecule has 0 aromatic carbocycles. The van der Waals surface area contributed by atoms with E-state index in [0.717, 1.165) is 0 Å². The molecule has 3 aliphatic heterocycles. The van der Waals surface area contributed by atoms with Gasteiger partial charge in [-0.05, 0) is 6.92 Å². The summed E-state index contributed by atoms with van der Waals surface area (Å²) < 4.78 is 54.4. The molecule has 24 heteroatoms. The summed E-state index contributed by atoms with van der Waals surface area (Å²) in [5, 5.41) is 95.9. The maximum Gasteiger partial charge on any atom is 0.246 e. The van der Waals surface area contributed by atoms with Gasteiger partial charge >= 0.3 is 0 Å². The highest BCUT2D eigenvalue weighted by atomic mass is 35.6. The molecular formula is C33H56Cl3NO20. The normalized spacial score (nSPS) is 37.4. The maximum absolute atomic E-state index is 12.7. The van der Waals surface area contributed by atoms with Gasteiger partial charge < -0.3 is 98.6 Å². The summed E-state index contributed by atoms with van der Waals surface area (Å²) >= 11 is 16.9. The van der Waals surface area contributed by atoms with Crippen molar-refractivity contribution in [2.45, 2.75) is 116 Å². The quantitative estimate of drug-likeness (QED) is 0.0283. The van der Waals surface area contributed by atoms with Crippen molar-refractivity contribution >= 4 is 40.7 Å². The predicted octanol–water partition coefficient (Wildman–Crippen LogP) is -3.82. The Morgan fingerprint density at radius 2 is 1.37 bits per heavy atom. The molecule has 0 radical (unpaired) electrons. The van der Waals surface area contributed by atoms with Gasteiger partial charge in [-0.25, -0.2) is 0 Å². The fraction of sp³-hybridized carbons (Fsp3) is 0.909. The molecule has 0 spiro atoms. The van der Waals surface area contributed by atoms with E-state index in [1.54, 1.807) is 6.92 Å². The van der Waals surface area contributed by atoms with Crippen molar-refractivity contribution in [3.63, 3.8) is 0 Å². The molecule has 0 saturated carbocycles. The number of halogens is 3. The second-order valence-corrected chi connectivity index (χ2v) is 16.2. The molecule has 334 valence electrons. The first kappa shape index (κ1) is 50.5. The number of amides is 1. The molecule has 3 fully saturated rings. The van der Waals surface area contributed by atoms with Crippen LogP contribution in [0.1, 0.15) is 13.8 Å². The molecule has 0 aromatic heterocycles. The van der Waals surface area contributed by atoms with E-state index >= 15 is 0 Å². The van der Waals surface area contributed by atoms with E-state index in [0.29, 0.717) is 0 Å². The number of methoxy groups -OCH3 is 1. The lowest BCUT2D eigenvalue weighted by molar-refractivity contribution is -0.358. The van der Waals surface area contributed by atoms with Gasteiger partial charge in [0.05, 0.1) is 51.3 Å². The minimum Gasteiger partial charge on any atom is -0.492 e. The highest BCUT2D eigenvalue weighted by molar-refractivity contribution is 6.67. The lowest BCUT2D eigenvalue weighted by Gasteiger charge is -2.47. The molecule has 3 saturated heterocycles. The van der Waals surface area contributed by atoms with Crippen LogP contribution in [0.15, 0.2) is 12.3 Å². The molecule has 3 heterocycles. The molecule has 17 atom stereocenters. The van der Waals surface area contributed by atoms with Crippen molar-refractivity contribution in [2.24, 2.45) is 5.92 Å². The van der Waals surface area contributed by atoms with Crippen molar-refractivity contribution in [2.75, 3.05) is 66.5 Å². The highest BCUT2D eigenvalue weighted by Gasteiger charge is 2.51. The molecule has 3 aliphatic rings. The highest BCUT2D eigenvalue weighted by Crippen LogP contribution is 2.33. The average molecular weight is 893 g/mol. The number of alkyl halides is 3. The number of hydrogen-bond acceptors (Lipinski definition) is 20. The van der Waals surface area contributed by atoms with E-state index in [-0.39, 0.29) is 38.7 Å². The van der Waals surface area contributed by atoms with Gasteiger partial charge in [-0.15, -0.1) is 0 Å². The van der Waals surface area contributed by atoms with Gasteiger partial charge in [-0.2, -0.15) is 0 Å². The second kappa shape index (κ2) is 24.0. The largest absolute Gasteiger partial charge is 0.492 e. The van der Waals surface area contributed by atoms with E-state index in [1.807, 2.05) is 0 Å². The van der Waals surface area contributed by atoms with Gasteiger partial charge in [0.2, 0.25) is 9.70 Å². The number of nitrogens with one attached hydrogen (secondary N) is 1. The number of carbonyl (C=O) groups is 1. The molecule has 57 heavy (non-hydrogen) atoms. The Hall–Kier alpha value is -0.840. The molecule has 3 rings (SSSR count). The van der Waals surface area contributed by atoms with Gasteiger partial charge in [0.1, 0.15) is 86.6 Å². The van der Waals surface area contributed by atoms with Crippen molar-refractivity contribution in [1.29, 1.82) is 0 Å². The average Bonchev–Trinajstić information content (AvgIpc) is 3.17. The van der Waals surface area contributed by atoms with Crippen LogP contribution in [-0.4, -0.2) is 220 Å². The van der Waals surface area contributed by atoms with Crippen LogP contribution in [-0.2, 0) is 52.2 Å². The smallest absolute Gasteiger partial charge is 0.246 e. The van der Waals surface area contributed by atoms with Gasteiger partial charge in [-0.3, -0.25) is 4.79 Å². The third-order valence-corrected chi connectivity index (χ3v) is 9.74. The third kappa shape index (κ3) is 14.9. The first-order valence-electron chi connectivity index (χ1n) is 18.0. The standard InChI is InChI=1S/C33H56Cl3NO20/c1-14(52-13-33(34,35)36)10-49-5-6-50-12-21(40)37-7-17(48-4)20(56-31-26(45)24(43)22(41)16(3)53-31)11-51-30-28(47)29(15(2)18(8-38)54-30)57-32-27(46)25(44)23(42)19(9-39)55-32/h15-20,22-32,38-39,41-47H,1,5-13H2,2-4H3,(H,37,40). The Kier molecular flexibility index (Phi) is 21.2. The van der Waals surface area contributed by atoms with Crippen molar-refractivity contribution < 1.29 is 98.1 Å². The second-order valence-electron chi connectivity index (χ2n) is 13.7. The monoisotopic (exact) mass is 891 g/mol. The molecule has 0 aromatic rings. The fourth-order valence-electron chi connectivity index (χ4n) is 5.99. The SMILES string of the molecule is C=C(COCCOCC(=O)NCC(OC)C(COC1OC(CO)C(C)C(OC2OC(CO)C(O)C(O)C2O)C1O)OC1OC(C)C(O)C(O)C1O)OCC(Cl)(Cl)Cl. The number of aliphatic hydroxyl groups is 9. The summed E-state index contributed by atoms with van der Waals surface area (Å²) in [4.78, 5) is 12.7. The van der Waals surface area contributed by atoms with Gasteiger partial charge in [0.25, 0.3) is 0 Å². The Labute approximate surface area is 344 Å². The molecule has 17 unspecified atom stereocenters. The van der Waals surface area contributed by atoms with Crippen LogP contribution in [0.2, 0.25) is 0 Å². The molecule has 21 nitrogen and oxygen atoms in total. The van der Waals surface area contributed by atoms with Crippen molar-refractivity contribution in [3.8, 4) is 0 Å². The Bertz CT molecular complexity index is 1210.